The molecule has 3 nitrogen and oxygen atoms in total. The predicted octanol–water partition coefficient (Wildman–Crippen LogP) is 3.07. The largest absolute Gasteiger partial charge is 0.274 e. The van der Waals surface area contributed by atoms with Crippen molar-refractivity contribution in [2.24, 2.45) is 0 Å². The zero-order valence-electron chi connectivity index (χ0n) is 12.3. The normalized spacial score (nSPS) is 12.5. The van der Waals surface area contributed by atoms with Gasteiger partial charge in [-0.1, -0.05) is 41.7 Å². The Bertz CT molecular complexity index is 1110. The third kappa shape index (κ3) is 1.96. The highest BCUT2D eigenvalue weighted by Gasteiger charge is 2.12. The van der Waals surface area contributed by atoms with Crippen LogP contribution in [-0.2, 0) is 0 Å². The second-order valence-electron chi connectivity index (χ2n) is 5.48. The number of hydrogen-bond donors (Lipinski definition) is 0. The molecule has 0 aliphatic rings. The number of aryl methyl sites for hydroxylation is 2. The number of fused-ring (bicyclic) bond motifs is 3. The summed E-state index contributed by atoms with van der Waals surface area (Å²) in [4.78, 5) is 18.1. The Balaban J connectivity index is 2.05. The van der Waals surface area contributed by atoms with Crippen LogP contribution in [0.3, 0.4) is 0 Å². The van der Waals surface area contributed by atoms with E-state index in [1.165, 1.54) is 22.5 Å². The standard InChI is InChI=1S/C18H14N2OS/c1-11-8-14-15(9-12(11)2)20-17(21)16(22-18(20)19-14)10-13-6-4-3-5-7-13/h3-10H,1-2H3. The Morgan fingerprint density at radius 2 is 1.82 bits per heavy atom. The van der Waals surface area contributed by atoms with Gasteiger partial charge in [0.1, 0.15) is 0 Å². The molecule has 0 amide bonds. The molecule has 4 rings (SSSR count). The molecule has 2 aromatic carbocycles. The van der Waals surface area contributed by atoms with Crippen LogP contribution in [-0.4, -0.2) is 9.38 Å². The van der Waals surface area contributed by atoms with Crippen LogP contribution in [0.15, 0.2) is 47.3 Å². The maximum absolute atomic E-state index is 12.7. The molecule has 2 heterocycles. The molecule has 0 N–H and O–H groups in total. The van der Waals surface area contributed by atoms with Crippen molar-refractivity contribution < 1.29 is 0 Å². The average molecular weight is 306 g/mol. The molecule has 108 valence electrons. The van der Waals surface area contributed by atoms with E-state index in [1.54, 1.807) is 4.40 Å². The Morgan fingerprint density at radius 1 is 1.09 bits per heavy atom. The van der Waals surface area contributed by atoms with Crippen LogP contribution >= 0.6 is 11.3 Å². The lowest BCUT2D eigenvalue weighted by atomic mass is 10.1. The minimum absolute atomic E-state index is 0.00889. The number of nitrogens with zero attached hydrogens (tertiary/aromatic N) is 2. The summed E-state index contributed by atoms with van der Waals surface area (Å²) >= 11 is 1.44. The summed E-state index contributed by atoms with van der Waals surface area (Å²) in [7, 11) is 0. The van der Waals surface area contributed by atoms with E-state index in [-0.39, 0.29) is 5.56 Å². The van der Waals surface area contributed by atoms with Crippen molar-refractivity contribution in [3.8, 4) is 0 Å². The van der Waals surface area contributed by atoms with Gasteiger partial charge >= 0.3 is 0 Å². The van der Waals surface area contributed by atoms with E-state index in [9.17, 15) is 4.79 Å². The van der Waals surface area contributed by atoms with Crippen LogP contribution in [0.25, 0.3) is 22.1 Å². The van der Waals surface area contributed by atoms with Gasteiger partial charge in [-0.15, -0.1) is 0 Å². The smallest absolute Gasteiger partial charge is 0.267 e. The number of rotatable bonds is 1. The first kappa shape index (κ1) is 13.2. The van der Waals surface area contributed by atoms with Crippen molar-refractivity contribution in [3.63, 3.8) is 0 Å². The number of imidazole rings is 1. The van der Waals surface area contributed by atoms with Crippen molar-refractivity contribution in [1.82, 2.24) is 9.38 Å². The first-order valence-corrected chi connectivity index (χ1v) is 7.94. The lowest BCUT2D eigenvalue weighted by molar-refractivity contribution is 1.18. The van der Waals surface area contributed by atoms with E-state index in [0.29, 0.717) is 4.53 Å². The lowest BCUT2D eigenvalue weighted by Gasteiger charge is -1.98. The molecule has 0 spiro atoms. The molecule has 0 atom stereocenters. The fourth-order valence-electron chi connectivity index (χ4n) is 2.62. The third-order valence-corrected chi connectivity index (χ3v) is 4.92. The summed E-state index contributed by atoms with van der Waals surface area (Å²) in [6.45, 7) is 4.12. The molecule has 0 radical (unpaired) electrons. The van der Waals surface area contributed by atoms with E-state index in [2.05, 4.69) is 18.8 Å². The molecule has 0 aliphatic carbocycles. The number of benzene rings is 2. The van der Waals surface area contributed by atoms with Gasteiger partial charge in [0, 0.05) is 0 Å². The Kier molecular flexibility index (Phi) is 2.87. The number of hydrogen-bond acceptors (Lipinski definition) is 3. The molecule has 0 unspecified atom stereocenters. The van der Waals surface area contributed by atoms with Crippen molar-refractivity contribution in [2.45, 2.75) is 13.8 Å². The molecule has 0 aliphatic heterocycles. The van der Waals surface area contributed by atoms with E-state index >= 15 is 0 Å². The highest BCUT2D eigenvalue weighted by Crippen LogP contribution is 2.20. The van der Waals surface area contributed by atoms with Crippen LogP contribution in [0.1, 0.15) is 16.7 Å². The van der Waals surface area contributed by atoms with Gasteiger partial charge in [-0.25, -0.2) is 9.38 Å². The van der Waals surface area contributed by atoms with Gasteiger partial charge < -0.3 is 0 Å². The Hall–Kier alpha value is -2.46. The maximum atomic E-state index is 12.7. The summed E-state index contributed by atoms with van der Waals surface area (Å²) in [5, 5.41) is 0. The maximum Gasteiger partial charge on any atom is 0.274 e. The SMILES string of the molecule is Cc1cc2nc3sc(=Cc4ccccc4)c(=O)n3c2cc1C. The fraction of sp³-hybridized carbons (Fsp3) is 0.111. The third-order valence-electron chi connectivity index (χ3n) is 3.95. The van der Waals surface area contributed by atoms with Crippen molar-refractivity contribution in [2.75, 3.05) is 0 Å². The Morgan fingerprint density at radius 3 is 2.59 bits per heavy atom. The second-order valence-corrected chi connectivity index (χ2v) is 6.49. The van der Waals surface area contributed by atoms with E-state index < -0.39 is 0 Å². The molecular formula is C18H14N2OS. The van der Waals surface area contributed by atoms with Gasteiger partial charge in [0.15, 0.2) is 4.96 Å². The van der Waals surface area contributed by atoms with Crippen LogP contribution in [0.2, 0.25) is 0 Å². The van der Waals surface area contributed by atoms with Crippen LogP contribution in [0, 0.1) is 13.8 Å². The minimum Gasteiger partial charge on any atom is -0.267 e. The van der Waals surface area contributed by atoms with E-state index in [1.807, 2.05) is 48.5 Å². The average Bonchev–Trinajstić information content (AvgIpc) is 2.98. The molecule has 0 saturated heterocycles. The molecule has 0 bridgehead atoms. The van der Waals surface area contributed by atoms with Crippen LogP contribution < -0.4 is 10.1 Å². The molecule has 22 heavy (non-hydrogen) atoms. The molecular weight excluding hydrogens is 292 g/mol. The molecule has 0 saturated carbocycles. The molecule has 4 heteroatoms. The molecule has 4 aromatic rings. The summed E-state index contributed by atoms with van der Waals surface area (Å²) in [5.41, 5.74) is 5.19. The topological polar surface area (TPSA) is 34.4 Å². The minimum atomic E-state index is 0.00889. The molecule has 0 fully saturated rings. The quantitative estimate of drug-likeness (QED) is 0.541. The zero-order chi connectivity index (χ0) is 15.3. The summed E-state index contributed by atoms with van der Waals surface area (Å²) in [5.74, 6) is 0. The second kappa shape index (κ2) is 4.78. The lowest BCUT2D eigenvalue weighted by Crippen LogP contribution is -2.22. The van der Waals surface area contributed by atoms with Gasteiger partial charge in [0.25, 0.3) is 5.56 Å². The monoisotopic (exact) mass is 306 g/mol. The molecule has 2 aromatic heterocycles. The van der Waals surface area contributed by atoms with Crippen molar-refractivity contribution in [1.29, 1.82) is 0 Å². The summed E-state index contributed by atoms with van der Waals surface area (Å²) < 4.78 is 2.44. The van der Waals surface area contributed by atoms with Crippen molar-refractivity contribution >= 4 is 33.4 Å². The van der Waals surface area contributed by atoms with Gasteiger partial charge in [-0.05, 0) is 48.7 Å². The summed E-state index contributed by atoms with van der Waals surface area (Å²) in [6, 6.07) is 14.0. The first-order valence-electron chi connectivity index (χ1n) is 7.12. The van der Waals surface area contributed by atoms with E-state index in [0.717, 1.165) is 21.6 Å². The highest BCUT2D eigenvalue weighted by atomic mass is 32.1. The summed E-state index contributed by atoms with van der Waals surface area (Å²) in [6.07, 6.45) is 1.93. The Labute approximate surface area is 131 Å². The van der Waals surface area contributed by atoms with E-state index in [4.69, 9.17) is 0 Å². The van der Waals surface area contributed by atoms with Gasteiger partial charge in [-0.2, -0.15) is 0 Å². The van der Waals surface area contributed by atoms with Gasteiger partial charge in [0.2, 0.25) is 0 Å². The van der Waals surface area contributed by atoms with Gasteiger partial charge in [-0.3, -0.25) is 4.79 Å². The van der Waals surface area contributed by atoms with Crippen LogP contribution in [0.4, 0.5) is 0 Å². The number of thiazole rings is 1. The first-order chi connectivity index (χ1) is 10.6. The van der Waals surface area contributed by atoms with Crippen molar-refractivity contribution in [3.05, 3.63) is 74.0 Å². The zero-order valence-corrected chi connectivity index (χ0v) is 13.1. The van der Waals surface area contributed by atoms with Gasteiger partial charge in [0.05, 0.1) is 15.6 Å². The number of aromatic nitrogens is 2. The highest BCUT2D eigenvalue weighted by molar-refractivity contribution is 7.15. The fourth-order valence-corrected chi connectivity index (χ4v) is 3.61. The predicted molar refractivity (Wildman–Crippen MR) is 91.5 cm³/mol. The van der Waals surface area contributed by atoms with Crippen LogP contribution in [0.5, 0.6) is 0 Å².